The van der Waals surface area contributed by atoms with Crippen LogP contribution in [0.5, 0.6) is 0 Å². The van der Waals surface area contributed by atoms with Gasteiger partial charge in [-0.1, -0.05) is 6.07 Å². The quantitative estimate of drug-likeness (QED) is 0.650. The van der Waals surface area contributed by atoms with Crippen molar-refractivity contribution in [3.8, 4) is 0 Å². The third kappa shape index (κ3) is 4.25. The van der Waals surface area contributed by atoms with E-state index in [-0.39, 0.29) is 11.7 Å². The van der Waals surface area contributed by atoms with Gasteiger partial charge in [0, 0.05) is 4.88 Å². The summed E-state index contributed by atoms with van der Waals surface area (Å²) in [4.78, 5) is 36.8. The number of esters is 1. The van der Waals surface area contributed by atoms with Crippen molar-refractivity contribution in [1.82, 2.24) is 5.32 Å². The summed E-state index contributed by atoms with van der Waals surface area (Å²) in [6.45, 7) is 3.36. The highest BCUT2D eigenvalue weighted by Crippen LogP contribution is 2.18. The minimum absolute atomic E-state index is 0.106. The first kappa shape index (κ1) is 16.4. The van der Waals surface area contributed by atoms with Crippen molar-refractivity contribution in [2.75, 3.05) is 0 Å². The second-order valence-electron chi connectivity index (χ2n) is 4.56. The molecule has 2 heterocycles. The van der Waals surface area contributed by atoms with E-state index in [2.05, 4.69) is 5.32 Å². The van der Waals surface area contributed by atoms with Crippen LogP contribution in [0.2, 0.25) is 0 Å². The first-order valence-electron chi connectivity index (χ1n) is 6.59. The third-order valence-electron chi connectivity index (χ3n) is 2.82. The predicted molar refractivity (Wildman–Crippen MR) is 85.4 cm³/mol. The van der Waals surface area contributed by atoms with Gasteiger partial charge in [-0.05, 0) is 37.4 Å². The van der Waals surface area contributed by atoms with Gasteiger partial charge in [0.15, 0.2) is 11.9 Å². The molecular formula is C15H15NO4S2. The number of nitrogens with one attached hydrogen (secondary N) is 1. The van der Waals surface area contributed by atoms with E-state index in [4.69, 9.17) is 4.74 Å². The summed E-state index contributed by atoms with van der Waals surface area (Å²) >= 11 is 2.60. The lowest BCUT2D eigenvalue weighted by atomic mass is 10.3. The van der Waals surface area contributed by atoms with Crippen LogP contribution in [-0.2, 0) is 16.1 Å². The van der Waals surface area contributed by atoms with Gasteiger partial charge in [0.2, 0.25) is 0 Å². The highest BCUT2D eigenvalue weighted by Gasteiger charge is 2.20. The molecule has 0 unspecified atom stereocenters. The normalized spacial score (nSPS) is 11.7. The molecule has 0 spiro atoms. The van der Waals surface area contributed by atoms with Gasteiger partial charge in [-0.3, -0.25) is 9.59 Å². The molecule has 0 aromatic carbocycles. The zero-order valence-corrected chi connectivity index (χ0v) is 13.8. The van der Waals surface area contributed by atoms with Crippen molar-refractivity contribution in [3.63, 3.8) is 0 Å². The van der Waals surface area contributed by atoms with Gasteiger partial charge in [-0.25, -0.2) is 4.79 Å². The molecule has 5 nitrogen and oxygen atoms in total. The summed E-state index contributed by atoms with van der Waals surface area (Å²) in [6.07, 6.45) is -0.893. The molecule has 0 saturated carbocycles. The summed E-state index contributed by atoms with van der Waals surface area (Å²) in [7, 11) is 0. The topological polar surface area (TPSA) is 72.5 Å². The summed E-state index contributed by atoms with van der Waals surface area (Å²) in [5.74, 6) is -1.06. The zero-order chi connectivity index (χ0) is 16.1. The minimum Gasteiger partial charge on any atom is -0.448 e. The molecule has 0 aliphatic heterocycles. The van der Waals surface area contributed by atoms with Gasteiger partial charge in [0.1, 0.15) is 4.88 Å². The number of ether oxygens (including phenoxy) is 1. The summed E-state index contributed by atoms with van der Waals surface area (Å²) < 4.78 is 5.11. The van der Waals surface area contributed by atoms with Crippen LogP contribution in [0.15, 0.2) is 29.6 Å². The lowest BCUT2D eigenvalue weighted by Crippen LogP contribution is -2.35. The number of hydrogen-bond acceptors (Lipinski definition) is 6. The number of ketones is 1. The lowest BCUT2D eigenvalue weighted by Gasteiger charge is -2.12. The third-order valence-corrected chi connectivity index (χ3v) is 4.87. The number of rotatable bonds is 6. The molecule has 0 fully saturated rings. The van der Waals surface area contributed by atoms with Crippen molar-refractivity contribution in [3.05, 3.63) is 44.3 Å². The molecule has 1 atom stereocenters. The molecule has 0 bridgehead atoms. The van der Waals surface area contributed by atoms with Crippen LogP contribution in [0.1, 0.15) is 38.1 Å². The minimum atomic E-state index is -0.893. The fraction of sp³-hybridized carbons (Fsp3) is 0.267. The van der Waals surface area contributed by atoms with Crippen LogP contribution >= 0.6 is 22.7 Å². The van der Waals surface area contributed by atoms with E-state index < -0.39 is 12.1 Å². The van der Waals surface area contributed by atoms with Gasteiger partial charge in [0.25, 0.3) is 5.91 Å². The van der Waals surface area contributed by atoms with Crippen LogP contribution in [0.4, 0.5) is 0 Å². The molecule has 2 aromatic rings. The standard InChI is InChI=1S/C15H15NO4S2/c1-9(17)12-5-6-13(22-12)15(19)20-10(2)14(18)16-8-11-4-3-7-21-11/h3-7,10H,8H2,1-2H3,(H,16,18)/t10-/m1/s1. The van der Waals surface area contributed by atoms with E-state index in [9.17, 15) is 14.4 Å². The Balaban J connectivity index is 1.86. The summed E-state index contributed by atoms with van der Waals surface area (Å²) in [5, 5.41) is 4.63. The number of hydrogen-bond donors (Lipinski definition) is 1. The number of Topliss-reactive ketones (excluding diaryl/α,β-unsaturated/α-hetero) is 1. The van der Waals surface area contributed by atoms with Crippen LogP contribution in [0, 0.1) is 0 Å². The molecule has 116 valence electrons. The molecule has 2 aromatic heterocycles. The fourth-order valence-electron chi connectivity index (χ4n) is 1.64. The van der Waals surface area contributed by atoms with Crippen LogP contribution < -0.4 is 5.32 Å². The first-order valence-corrected chi connectivity index (χ1v) is 8.29. The van der Waals surface area contributed by atoms with Gasteiger partial charge in [0.05, 0.1) is 11.4 Å². The van der Waals surface area contributed by atoms with E-state index in [0.717, 1.165) is 16.2 Å². The molecule has 0 saturated heterocycles. The number of carbonyl (C=O) groups excluding carboxylic acids is 3. The Bertz CT molecular complexity index is 676. The largest absolute Gasteiger partial charge is 0.448 e. The average molecular weight is 337 g/mol. The van der Waals surface area contributed by atoms with E-state index in [1.807, 2.05) is 17.5 Å². The highest BCUT2D eigenvalue weighted by molar-refractivity contribution is 7.15. The van der Waals surface area contributed by atoms with Crippen LogP contribution in [-0.4, -0.2) is 23.8 Å². The molecular weight excluding hydrogens is 322 g/mol. The Hall–Kier alpha value is -1.99. The average Bonchev–Trinajstić information content (AvgIpc) is 3.15. The predicted octanol–water partition coefficient (Wildman–Crippen LogP) is 2.87. The molecule has 0 radical (unpaired) electrons. The molecule has 0 aliphatic rings. The smallest absolute Gasteiger partial charge is 0.349 e. The Labute approximate surface area is 135 Å². The van der Waals surface area contributed by atoms with E-state index in [1.165, 1.54) is 19.9 Å². The Morgan fingerprint density at radius 1 is 1.23 bits per heavy atom. The Morgan fingerprint density at radius 2 is 1.95 bits per heavy atom. The maximum absolute atomic E-state index is 11.9. The van der Waals surface area contributed by atoms with Gasteiger partial charge < -0.3 is 10.1 Å². The zero-order valence-electron chi connectivity index (χ0n) is 12.1. The van der Waals surface area contributed by atoms with Gasteiger partial charge in [-0.15, -0.1) is 22.7 Å². The van der Waals surface area contributed by atoms with E-state index in [0.29, 0.717) is 16.3 Å². The fourth-order valence-corrected chi connectivity index (χ4v) is 3.07. The Kier molecular flexibility index (Phi) is 5.46. The van der Waals surface area contributed by atoms with Gasteiger partial charge >= 0.3 is 5.97 Å². The maximum atomic E-state index is 11.9. The highest BCUT2D eigenvalue weighted by atomic mass is 32.1. The van der Waals surface area contributed by atoms with Crippen molar-refractivity contribution in [2.45, 2.75) is 26.5 Å². The summed E-state index contributed by atoms with van der Waals surface area (Å²) in [5.41, 5.74) is 0. The summed E-state index contributed by atoms with van der Waals surface area (Å²) in [6, 6.07) is 6.92. The molecule has 7 heteroatoms. The van der Waals surface area contributed by atoms with Crippen molar-refractivity contribution in [1.29, 1.82) is 0 Å². The molecule has 2 rings (SSSR count). The number of amides is 1. The van der Waals surface area contributed by atoms with Gasteiger partial charge in [-0.2, -0.15) is 0 Å². The maximum Gasteiger partial charge on any atom is 0.349 e. The van der Waals surface area contributed by atoms with Crippen LogP contribution in [0.25, 0.3) is 0 Å². The van der Waals surface area contributed by atoms with Crippen molar-refractivity contribution < 1.29 is 19.1 Å². The van der Waals surface area contributed by atoms with Crippen molar-refractivity contribution >= 4 is 40.3 Å². The Morgan fingerprint density at radius 3 is 2.55 bits per heavy atom. The van der Waals surface area contributed by atoms with Crippen molar-refractivity contribution in [2.24, 2.45) is 0 Å². The number of thiophene rings is 2. The molecule has 1 N–H and O–H groups in total. The number of carbonyl (C=O) groups is 3. The lowest BCUT2D eigenvalue weighted by molar-refractivity contribution is -0.129. The molecule has 0 aliphatic carbocycles. The monoisotopic (exact) mass is 337 g/mol. The SMILES string of the molecule is CC(=O)c1ccc(C(=O)O[C@H](C)C(=O)NCc2cccs2)s1. The molecule has 22 heavy (non-hydrogen) atoms. The van der Waals surface area contributed by atoms with E-state index >= 15 is 0 Å². The second-order valence-corrected chi connectivity index (χ2v) is 6.68. The van der Waals surface area contributed by atoms with Crippen LogP contribution in [0.3, 0.4) is 0 Å². The second kappa shape index (κ2) is 7.33. The first-order chi connectivity index (χ1) is 10.5. The van der Waals surface area contributed by atoms with E-state index in [1.54, 1.807) is 17.4 Å². The molecule has 1 amide bonds.